The maximum absolute atomic E-state index is 12.1. The van der Waals surface area contributed by atoms with Crippen molar-refractivity contribution in [1.29, 1.82) is 0 Å². The van der Waals surface area contributed by atoms with Gasteiger partial charge in [-0.2, -0.15) is 26.3 Å². The van der Waals surface area contributed by atoms with Crippen molar-refractivity contribution in [3.63, 3.8) is 0 Å². The average Bonchev–Trinajstić information content (AvgIpc) is 2.62. The predicted molar refractivity (Wildman–Crippen MR) is 49.8 cm³/mol. The van der Waals surface area contributed by atoms with Gasteiger partial charge in [-0.1, -0.05) is 0 Å². The third-order valence-corrected chi connectivity index (χ3v) is 2.61. The Labute approximate surface area is 105 Å². The van der Waals surface area contributed by atoms with Gasteiger partial charge in [0.25, 0.3) is 0 Å². The molecule has 0 radical (unpaired) electrons. The molecule has 1 rings (SSSR count). The number of ether oxygens (including phenoxy) is 1. The molecule has 1 heterocycles. The second kappa shape index (κ2) is 5.33. The smallest absolute Gasteiger partial charge is 0.423 e. The zero-order valence-corrected chi connectivity index (χ0v) is 9.57. The number of hydrogen-bond acceptors (Lipinski definition) is 4. The Bertz CT molecular complexity index is 440. The second-order valence-electron chi connectivity index (χ2n) is 3.22. The number of halogens is 6. The molecular formula is C8H5F6NO3S. The van der Waals surface area contributed by atoms with Crippen LogP contribution in [0.15, 0.2) is 5.38 Å². The van der Waals surface area contributed by atoms with E-state index in [1.54, 1.807) is 0 Å². The van der Waals surface area contributed by atoms with Gasteiger partial charge in [-0.05, 0) is 0 Å². The highest BCUT2D eigenvalue weighted by Gasteiger charge is 2.58. The summed E-state index contributed by atoms with van der Waals surface area (Å²) >= 11 is 0.571. The van der Waals surface area contributed by atoms with Crippen LogP contribution in [-0.2, 0) is 11.3 Å². The summed E-state index contributed by atoms with van der Waals surface area (Å²) in [6.07, 6.45) is -15.1. The summed E-state index contributed by atoms with van der Waals surface area (Å²) in [5.74, 6) is -1.43. The molecule has 1 aromatic heterocycles. The van der Waals surface area contributed by atoms with Gasteiger partial charge in [0.1, 0.15) is 0 Å². The van der Waals surface area contributed by atoms with Gasteiger partial charge in [-0.15, -0.1) is 11.3 Å². The fraction of sp³-hybridized carbons (Fsp3) is 0.500. The molecule has 0 aliphatic heterocycles. The van der Waals surface area contributed by atoms with Crippen molar-refractivity contribution in [2.75, 3.05) is 0 Å². The normalized spacial score (nSPS) is 13.0. The van der Waals surface area contributed by atoms with E-state index in [1.807, 2.05) is 0 Å². The minimum atomic E-state index is -5.61. The minimum Gasteiger partial charge on any atom is -0.476 e. The average molecular weight is 309 g/mol. The number of rotatable bonds is 4. The lowest BCUT2D eigenvalue weighted by molar-refractivity contribution is -0.324. The molecule has 0 bridgehead atoms. The van der Waals surface area contributed by atoms with Crippen LogP contribution in [0, 0.1) is 0 Å². The summed E-state index contributed by atoms with van der Waals surface area (Å²) in [6.45, 7) is -1.09. The van der Waals surface area contributed by atoms with Crippen LogP contribution in [0.3, 0.4) is 0 Å². The first-order chi connectivity index (χ1) is 8.51. The summed E-state index contributed by atoms with van der Waals surface area (Å²) in [6, 6.07) is 0. The number of carboxylic acids is 1. The maximum Gasteiger partial charge on any atom is 0.423 e. The number of carboxylic acid groups (broad SMARTS) is 1. The molecule has 0 atom stereocenters. The molecule has 19 heavy (non-hydrogen) atoms. The van der Waals surface area contributed by atoms with Crippen molar-refractivity contribution in [2.24, 2.45) is 0 Å². The summed E-state index contributed by atoms with van der Waals surface area (Å²) in [7, 11) is 0. The standard InChI is InChI=1S/C8H5F6NO3S/c9-7(10,11)6(8(12,13)14)18-1-3-2-19-4(15-3)5(16)17/h2,6H,1H2,(H,16,17). The van der Waals surface area contributed by atoms with Crippen molar-refractivity contribution in [2.45, 2.75) is 25.1 Å². The molecule has 1 N–H and O–H groups in total. The predicted octanol–water partition coefficient (Wildman–Crippen LogP) is 2.85. The largest absolute Gasteiger partial charge is 0.476 e. The van der Waals surface area contributed by atoms with E-state index in [2.05, 4.69) is 9.72 Å². The van der Waals surface area contributed by atoms with Crippen LogP contribution < -0.4 is 0 Å². The molecule has 1 aromatic rings. The van der Waals surface area contributed by atoms with E-state index in [1.165, 1.54) is 0 Å². The van der Waals surface area contributed by atoms with E-state index in [9.17, 15) is 31.1 Å². The fourth-order valence-electron chi connectivity index (χ4n) is 1.01. The summed E-state index contributed by atoms with van der Waals surface area (Å²) in [5.41, 5.74) is -0.319. The third-order valence-electron chi connectivity index (χ3n) is 1.73. The molecule has 0 amide bonds. The lowest BCUT2D eigenvalue weighted by atomic mass is 10.3. The Morgan fingerprint density at radius 3 is 2.21 bits per heavy atom. The summed E-state index contributed by atoms with van der Waals surface area (Å²) in [5, 5.41) is 9.04. The quantitative estimate of drug-likeness (QED) is 0.869. The number of aromatic nitrogens is 1. The highest BCUT2D eigenvalue weighted by Crippen LogP contribution is 2.36. The van der Waals surface area contributed by atoms with Crippen molar-refractivity contribution in [1.82, 2.24) is 4.98 Å². The first-order valence-electron chi connectivity index (χ1n) is 4.44. The van der Waals surface area contributed by atoms with Crippen molar-refractivity contribution in [3.8, 4) is 0 Å². The molecule has 108 valence electrons. The number of aromatic carboxylic acids is 1. The van der Waals surface area contributed by atoms with E-state index < -0.39 is 36.0 Å². The zero-order chi connectivity index (χ0) is 14.8. The monoisotopic (exact) mass is 309 g/mol. The summed E-state index contributed by atoms with van der Waals surface area (Å²) in [4.78, 5) is 13.7. The molecule has 0 saturated heterocycles. The van der Waals surface area contributed by atoms with Crippen LogP contribution in [-0.4, -0.2) is 34.5 Å². The van der Waals surface area contributed by atoms with Crippen LogP contribution in [0.4, 0.5) is 26.3 Å². The zero-order valence-electron chi connectivity index (χ0n) is 8.75. The second-order valence-corrected chi connectivity index (χ2v) is 4.08. The number of carbonyl (C=O) groups is 1. The Morgan fingerprint density at radius 2 is 1.84 bits per heavy atom. The molecule has 11 heteroatoms. The van der Waals surface area contributed by atoms with E-state index in [-0.39, 0.29) is 5.69 Å². The maximum atomic E-state index is 12.1. The van der Waals surface area contributed by atoms with Gasteiger partial charge in [0.2, 0.25) is 11.1 Å². The van der Waals surface area contributed by atoms with E-state index in [4.69, 9.17) is 5.11 Å². The third kappa shape index (κ3) is 4.35. The molecule has 0 saturated carbocycles. The minimum absolute atomic E-state index is 0.319. The van der Waals surface area contributed by atoms with Gasteiger partial charge < -0.3 is 9.84 Å². The van der Waals surface area contributed by atoms with E-state index in [0.29, 0.717) is 11.3 Å². The Balaban J connectivity index is 2.74. The molecular weight excluding hydrogens is 304 g/mol. The van der Waals surface area contributed by atoms with Gasteiger partial charge in [0.15, 0.2) is 0 Å². The van der Waals surface area contributed by atoms with E-state index >= 15 is 0 Å². The van der Waals surface area contributed by atoms with Crippen molar-refractivity contribution < 1.29 is 41.0 Å². The first kappa shape index (κ1) is 15.7. The molecule has 0 spiro atoms. The van der Waals surface area contributed by atoms with Crippen LogP contribution in [0.25, 0.3) is 0 Å². The van der Waals surface area contributed by atoms with Crippen LogP contribution in [0.1, 0.15) is 15.5 Å². The summed E-state index contributed by atoms with van der Waals surface area (Å²) < 4.78 is 76.3. The van der Waals surface area contributed by atoms with Gasteiger partial charge in [0, 0.05) is 5.38 Å². The van der Waals surface area contributed by atoms with Gasteiger partial charge >= 0.3 is 18.3 Å². The lowest BCUT2D eigenvalue weighted by Crippen LogP contribution is -2.44. The van der Waals surface area contributed by atoms with Gasteiger partial charge in [-0.25, -0.2) is 9.78 Å². The molecule has 0 aliphatic carbocycles. The topological polar surface area (TPSA) is 59.4 Å². The number of alkyl halides is 6. The highest BCUT2D eigenvalue weighted by molar-refractivity contribution is 7.11. The Morgan fingerprint density at radius 1 is 1.32 bits per heavy atom. The van der Waals surface area contributed by atoms with Crippen molar-refractivity contribution in [3.05, 3.63) is 16.1 Å². The molecule has 0 unspecified atom stereocenters. The van der Waals surface area contributed by atoms with Crippen LogP contribution >= 0.6 is 11.3 Å². The van der Waals surface area contributed by atoms with Gasteiger partial charge in [-0.3, -0.25) is 0 Å². The van der Waals surface area contributed by atoms with E-state index in [0.717, 1.165) is 5.38 Å². The van der Waals surface area contributed by atoms with Gasteiger partial charge in [0.05, 0.1) is 12.3 Å². The number of thiazole rings is 1. The van der Waals surface area contributed by atoms with Crippen LogP contribution in [0.5, 0.6) is 0 Å². The molecule has 0 fully saturated rings. The lowest BCUT2D eigenvalue weighted by Gasteiger charge is -2.22. The molecule has 0 aromatic carbocycles. The van der Waals surface area contributed by atoms with Crippen LogP contribution in [0.2, 0.25) is 0 Å². The number of nitrogens with zero attached hydrogens (tertiary/aromatic N) is 1. The first-order valence-corrected chi connectivity index (χ1v) is 5.32. The number of hydrogen-bond donors (Lipinski definition) is 1. The van der Waals surface area contributed by atoms with Crippen molar-refractivity contribution >= 4 is 17.3 Å². The Kier molecular flexibility index (Phi) is 4.40. The SMILES string of the molecule is O=C(O)c1nc(COC(C(F)(F)F)C(F)(F)F)cs1. The fourth-order valence-corrected chi connectivity index (χ4v) is 1.65. The Hall–Kier alpha value is -1.36. The molecule has 0 aliphatic rings. The molecule has 4 nitrogen and oxygen atoms in total. The highest BCUT2D eigenvalue weighted by atomic mass is 32.1.